The molecule has 0 amide bonds. The van der Waals surface area contributed by atoms with Crippen molar-refractivity contribution in [3.8, 4) is 5.75 Å². The number of hydrogen-bond donors (Lipinski definition) is 1. The maximum Gasteiger partial charge on any atom is 0.166 e. The van der Waals surface area contributed by atoms with E-state index in [9.17, 15) is 5.11 Å². The molecule has 35 heavy (non-hydrogen) atoms. The topological polar surface area (TPSA) is 39.2 Å². The molecule has 1 spiro atoms. The lowest BCUT2D eigenvalue weighted by atomic mass is 9.68. The fourth-order valence-electron chi connectivity index (χ4n) is 6.47. The highest BCUT2D eigenvalue weighted by Gasteiger charge is 2.54. The van der Waals surface area contributed by atoms with Gasteiger partial charge < -0.3 is 9.84 Å². The van der Waals surface area contributed by atoms with E-state index in [2.05, 4.69) is 78.2 Å². The van der Waals surface area contributed by atoms with Crippen LogP contribution in [0.4, 0.5) is 0 Å². The van der Waals surface area contributed by atoms with Crippen LogP contribution in [0.15, 0.2) is 54.6 Å². The lowest BCUT2D eigenvalue weighted by molar-refractivity contribution is -0.0941. The minimum absolute atomic E-state index is 0.0341. The zero-order valence-electron chi connectivity index (χ0n) is 22.2. The van der Waals surface area contributed by atoms with Gasteiger partial charge in [-0.15, -0.1) is 0 Å². The summed E-state index contributed by atoms with van der Waals surface area (Å²) in [5, 5.41) is 11.6. The Balaban J connectivity index is 1.54. The van der Waals surface area contributed by atoms with E-state index in [-0.39, 0.29) is 11.1 Å². The molecule has 2 aromatic carbocycles. The Bertz CT molecular complexity index is 907. The largest absolute Gasteiger partial charge is 0.497 e. The third-order valence-electron chi connectivity index (χ3n) is 8.68. The molecular weight excluding hydrogens is 434 g/mol. The number of aliphatic hydroxyl groups is 1. The van der Waals surface area contributed by atoms with Crippen molar-refractivity contribution in [1.82, 2.24) is 14.7 Å². The zero-order chi connectivity index (χ0) is 24.9. The monoisotopic (exact) mass is 479 g/mol. The number of hydrogen-bond acceptors (Lipinski definition) is 5. The van der Waals surface area contributed by atoms with Crippen molar-refractivity contribution in [1.29, 1.82) is 0 Å². The van der Waals surface area contributed by atoms with E-state index in [1.54, 1.807) is 7.11 Å². The molecule has 0 aromatic heterocycles. The molecule has 192 valence electrons. The van der Waals surface area contributed by atoms with Gasteiger partial charge in [0.05, 0.1) is 7.11 Å². The second-order valence-electron chi connectivity index (χ2n) is 10.9. The Labute approximate surface area is 212 Å². The molecule has 5 heteroatoms. The van der Waals surface area contributed by atoms with E-state index in [1.807, 2.05) is 12.1 Å². The maximum absolute atomic E-state index is 11.6. The van der Waals surface area contributed by atoms with Gasteiger partial charge in [0, 0.05) is 30.7 Å². The third kappa shape index (κ3) is 5.43. The number of ether oxygens (including phenoxy) is 1. The van der Waals surface area contributed by atoms with Crippen LogP contribution in [0, 0.1) is 0 Å². The van der Waals surface area contributed by atoms with Crippen molar-refractivity contribution in [2.24, 2.45) is 0 Å². The normalized spacial score (nSPS) is 27.7. The van der Waals surface area contributed by atoms with E-state index >= 15 is 0 Å². The molecule has 0 radical (unpaired) electrons. The van der Waals surface area contributed by atoms with Gasteiger partial charge in [-0.25, -0.2) is 0 Å². The Morgan fingerprint density at radius 2 is 1.63 bits per heavy atom. The predicted molar refractivity (Wildman–Crippen MR) is 143 cm³/mol. The van der Waals surface area contributed by atoms with Crippen molar-refractivity contribution >= 4 is 0 Å². The van der Waals surface area contributed by atoms with Gasteiger partial charge in [0.15, 0.2) is 6.35 Å². The van der Waals surface area contributed by atoms with Crippen LogP contribution < -0.4 is 4.74 Å². The molecule has 1 N–H and O–H groups in total. The van der Waals surface area contributed by atoms with Crippen LogP contribution in [0.3, 0.4) is 0 Å². The van der Waals surface area contributed by atoms with E-state index < -0.39 is 6.35 Å². The van der Waals surface area contributed by atoms with Crippen LogP contribution in [0.25, 0.3) is 0 Å². The van der Waals surface area contributed by atoms with Crippen molar-refractivity contribution in [3.05, 3.63) is 65.7 Å². The number of nitrogens with zero attached hydrogens (tertiary/aromatic N) is 3. The molecule has 5 nitrogen and oxygen atoms in total. The molecule has 0 bridgehead atoms. The summed E-state index contributed by atoms with van der Waals surface area (Å²) in [7, 11) is 6.16. The van der Waals surface area contributed by atoms with Crippen LogP contribution in [0.1, 0.15) is 69.4 Å². The summed E-state index contributed by atoms with van der Waals surface area (Å²) in [5.74, 6) is 0.873. The molecule has 1 atom stereocenters. The maximum atomic E-state index is 11.6. The fourth-order valence-corrected chi connectivity index (χ4v) is 6.47. The first-order valence-corrected chi connectivity index (χ1v) is 13.5. The summed E-state index contributed by atoms with van der Waals surface area (Å²) < 4.78 is 5.33. The number of methoxy groups -OCH3 is 1. The van der Waals surface area contributed by atoms with Gasteiger partial charge >= 0.3 is 0 Å². The Morgan fingerprint density at radius 1 is 0.943 bits per heavy atom. The average molecular weight is 480 g/mol. The smallest absolute Gasteiger partial charge is 0.166 e. The van der Waals surface area contributed by atoms with Gasteiger partial charge in [-0.05, 0) is 69.5 Å². The minimum Gasteiger partial charge on any atom is -0.497 e. The summed E-state index contributed by atoms with van der Waals surface area (Å²) in [5.41, 5.74) is 2.74. The second kappa shape index (κ2) is 11.4. The van der Waals surface area contributed by atoms with Gasteiger partial charge in [0.1, 0.15) is 5.75 Å². The summed E-state index contributed by atoms with van der Waals surface area (Å²) in [6.07, 6.45) is 8.79. The Kier molecular flexibility index (Phi) is 8.54. The Morgan fingerprint density at radius 3 is 2.23 bits per heavy atom. The predicted octanol–water partition coefficient (Wildman–Crippen LogP) is 5.44. The molecule has 1 aliphatic carbocycles. The highest BCUT2D eigenvalue weighted by Crippen LogP contribution is 2.49. The Hall–Kier alpha value is -1.92. The van der Waals surface area contributed by atoms with E-state index in [0.717, 1.165) is 57.5 Å². The first kappa shape index (κ1) is 26.2. The number of benzene rings is 2. The molecule has 1 aliphatic heterocycles. The first-order chi connectivity index (χ1) is 16.9. The third-order valence-corrected chi connectivity index (χ3v) is 8.68. The van der Waals surface area contributed by atoms with Gasteiger partial charge in [-0.3, -0.25) is 14.7 Å². The molecule has 1 heterocycles. The average Bonchev–Trinajstić information content (AvgIpc) is 3.13. The molecule has 2 aromatic rings. The number of unbranched alkanes of at least 4 members (excludes halogenated alkanes) is 3. The fraction of sp³-hybridized carbons (Fsp3) is 0.600. The molecule has 4 rings (SSSR count). The highest BCUT2D eigenvalue weighted by molar-refractivity contribution is 5.28. The number of rotatable bonds is 10. The van der Waals surface area contributed by atoms with Crippen molar-refractivity contribution < 1.29 is 9.84 Å². The summed E-state index contributed by atoms with van der Waals surface area (Å²) in [6.45, 7) is 4.91. The van der Waals surface area contributed by atoms with Gasteiger partial charge in [0.2, 0.25) is 0 Å². The number of aliphatic hydroxyl groups excluding tert-OH is 1. The van der Waals surface area contributed by atoms with Crippen LogP contribution in [0.2, 0.25) is 0 Å². The molecule has 2 fully saturated rings. The lowest BCUT2D eigenvalue weighted by Gasteiger charge is -2.51. The summed E-state index contributed by atoms with van der Waals surface area (Å²) in [4.78, 5) is 7.17. The van der Waals surface area contributed by atoms with Crippen LogP contribution >= 0.6 is 0 Å². The van der Waals surface area contributed by atoms with Crippen molar-refractivity contribution in [2.75, 3.05) is 34.3 Å². The van der Waals surface area contributed by atoms with Crippen molar-refractivity contribution in [2.45, 2.75) is 82.3 Å². The minimum atomic E-state index is -0.526. The zero-order valence-corrected chi connectivity index (χ0v) is 22.2. The van der Waals surface area contributed by atoms with Crippen LogP contribution in [-0.2, 0) is 12.1 Å². The van der Waals surface area contributed by atoms with Crippen LogP contribution in [0.5, 0.6) is 5.75 Å². The standard InChI is InChI=1S/C30H45N3O2/c1-5-6-7-11-22-33-28(34)32(23-25-14-16-27(35-4)17-15-25)24-29(33)18-20-30(21-19-29,31(2)3)26-12-9-8-10-13-26/h8-10,12-17,28,34H,5-7,11,18-24H2,1-4H3/t28?,29-,30+. The van der Waals surface area contributed by atoms with Gasteiger partial charge in [-0.1, -0.05) is 68.7 Å². The van der Waals surface area contributed by atoms with E-state index in [1.165, 1.54) is 30.4 Å². The highest BCUT2D eigenvalue weighted by atomic mass is 16.5. The molecule has 1 unspecified atom stereocenters. The van der Waals surface area contributed by atoms with Gasteiger partial charge in [0.25, 0.3) is 0 Å². The second-order valence-corrected chi connectivity index (χ2v) is 10.9. The molecule has 1 saturated carbocycles. The molecular formula is C30H45N3O2. The first-order valence-electron chi connectivity index (χ1n) is 13.5. The van der Waals surface area contributed by atoms with Crippen LogP contribution in [-0.4, -0.2) is 66.0 Å². The molecule has 2 aliphatic rings. The van der Waals surface area contributed by atoms with Crippen molar-refractivity contribution in [3.63, 3.8) is 0 Å². The van der Waals surface area contributed by atoms with Gasteiger partial charge in [-0.2, -0.15) is 0 Å². The SMILES string of the molecule is CCCCCCN1C(O)N(Cc2ccc(OC)cc2)C[C@]12CC[C@](c1ccccc1)(N(C)C)CC2. The van der Waals surface area contributed by atoms with E-state index in [0.29, 0.717) is 0 Å². The quantitative estimate of drug-likeness (QED) is 0.460. The van der Waals surface area contributed by atoms with E-state index in [4.69, 9.17) is 4.74 Å². The molecule has 1 saturated heterocycles. The lowest BCUT2D eigenvalue weighted by Crippen LogP contribution is -2.56. The summed E-state index contributed by atoms with van der Waals surface area (Å²) in [6, 6.07) is 19.3. The summed E-state index contributed by atoms with van der Waals surface area (Å²) >= 11 is 0.